The summed E-state index contributed by atoms with van der Waals surface area (Å²) in [6, 6.07) is 0. The molecule has 5 nitrogen and oxygen atoms in total. The van der Waals surface area contributed by atoms with Crippen molar-refractivity contribution in [1.82, 2.24) is 0 Å². The van der Waals surface area contributed by atoms with E-state index in [-0.39, 0.29) is 30.5 Å². The number of fused-ring (bicyclic) bond motifs is 1. The molecule has 19 heavy (non-hydrogen) atoms. The van der Waals surface area contributed by atoms with Gasteiger partial charge in [-0.25, -0.2) is 0 Å². The van der Waals surface area contributed by atoms with Crippen LogP contribution < -0.4 is 0 Å². The Morgan fingerprint density at radius 2 is 1.63 bits per heavy atom. The van der Waals surface area contributed by atoms with Gasteiger partial charge >= 0.3 is 0 Å². The Balaban J connectivity index is 1.78. The number of rotatable bonds is 2. The average molecular weight is 270 g/mol. The van der Waals surface area contributed by atoms with Crippen molar-refractivity contribution in [3.8, 4) is 0 Å². The zero-order valence-corrected chi connectivity index (χ0v) is 11.9. The normalized spacial score (nSPS) is 47.3. The van der Waals surface area contributed by atoms with Crippen molar-refractivity contribution < 1.29 is 23.7 Å². The van der Waals surface area contributed by atoms with E-state index in [0.717, 1.165) is 0 Å². The van der Waals surface area contributed by atoms with Gasteiger partial charge in [-0.15, -0.1) is 6.58 Å². The van der Waals surface area contributed by atoms with Crippen LogP contribution in [-0.2, 0) is 23.7 Å². The lowest BCUT2D eigenvalue weighted by Gasteiger charge is -2.26. The van der Waals surface area contributed by atoms with Gasteiger partial charge in [0.25, 0.3) is 0 Å². The summed E-state index contributed by atoms with van der Waals surface area (Å²) in [4.78, 5) is 0. The first-order chi connectivity index (χ1) is 8.81. The molecule has 5 atom stereocenters. The van der Waals surface area contributed by atoms with Crippen LogP contribution in [-0.4, -0.2) is 48.7 Å². The number of hydrogen-bond donors (Lipinski definition) is 0. The molecule has 0 unspecified atom stereocenters. The minimum Gasteiger partial charge on any atom is -0.362 e. The Morgan fingerprint density at radius 3 is 2.21 bits per heavy atom. The maximum atomic E-state index is 5.98. The van der Waals surface area contributed by atoms with E-state index >= 15 is 0 Å². The molecule has 0 spiro atoms. The molecule has 0 aromatic rings. The molecule has 3 aliphatic heterocycles. The first-order valence-corrected chi connectivity index (χ1v) is 6.77. The summed E-state index contributed by atoms with van der Waals surface area (Å²) in [5.41, 5.74) is 0. The van der Waals surface area contributed by atoms with Crippen LogP contribution in [0, 0.1) is 0 Å². The molecular formula is C14H22O5. The third-order valence-corrected chi connectivity index (χ3v) is 3.75. The van der Waals surface area contributed by atoms with Gasteiger partial charge < -0.3 is 23.7 Å². The molecule has 3 saturated heterocycles. The number of ether oxygens (including phenoxy) is 5. The smallest absolute Gasteiger partial charge is 0.164 e. The van der Waals surface area contributed by atoms with Crippen LogP contribution >= 0.6 is 0 Å². The van der Waals surface area contributed by atoms with E-state index in [1.54, 1.807) is 6.08 Å². The van der Waals surface area contributed by atoms with Crippen LogP contribution in [0.25, 0.3) is 0 Å². The monoisotopic (exact) mass is 270 g/mol. The lowest BCUT2D eigenvalue weighted by Crippen LogP contribution is -2.40. The molecule has 3 rings (SSSR count). The summed E-state index contributed by atoms with van der Waals surface area (Å²) in [7, 11) is 0. The Kier molecular flexibility index (Phi) is 3.04. The van der Waals surface area contributed by atoms with E-state index in [1.165, 1.54) is 0 Å². The van der Waals surface area contributed by atoms with Crippen molar-refractivity contribution in [3.63, 3.8) is 0 Å². The molecule has 3 fully saturated rings. The second-order valence-electron chi connectivity index (χ2n) is 6.23. The highest BCUT2D eigenvalue weighted by Gasteiger charge is 2.58. The van der Waals surface area contributed by atoms with Gasteiger partial charge in [-0.3, -0.25) is 0 Å². The highest BCUT2D eigenvalue weighted by Crippen LogP contribution is 2.42. The molecule has 0 saturated carbocycles. The number of hydrogen-bond acceptors (Lipinski definition) is 5. The van der Waals surface area contributed by atoms with E-state index in [4.69, 9.17) is 23.7 Å². The lowest BCUT2D eigenvalue weighted by molar-refractivity contribution is -0.201. The molecule has 0 radical (unpaired) electrons. The molecule has 0 aromatic carbocycles. The topological polar surface area (TPSA) is 46.2 Å². The third-order valence-electron chi connectivity index (χ3n) is 3.75. The van der Waals surface area contributed by atoms with Crippen molar-refractivity contribution in [2.24, 2.45) is 0 Å². The quantitative estimate of drug-likeness (QED) is 0.713. The molecule has 0 amide bonds. The SMILES string of the molecule is C=C[C@@H]1O[C@H]([C@H]2COC(C)(C)O2)[C@@H]2OC(C)(C)O[C@@H]21. The predicted molar refractivity (Wildman–Crippen MR) is 67.6 cm³/mol. The molecule has 3 aliphatic rings. The molecule has 5 heteroatoms. The largest absolute Gasteiger partial charge is 0.362 e. The van der Waals surface area contributed by atoms with Crippen LogP contribution in [0.1, 0.15) is 27.7 Å². The Morgan fingerprint density at radius 1 is 0.947 bits per heavy atom. The van der Waals surface area contributed by atoms with E-state index in [1.807, 2.05) is 27.7 Å². The van der Waals surface area contributed by atoms with Gasteiger partial charge in [-0.05, 0) is 27.7 Å². The third kappa shape index (κ3) is 2.34. The molecule has 0 bridgehead atoms. The summed E-state index contributed by atoms with van der Waals surface area (Å²) in [5.74, 6) is -1.15. The van der Waals surface area contributed by atoms with Crippen molar-refractivity contribution in [2.45, 2.75) is 69.8 Å². The van der Waals surface area contributed by atoms with Gasteiger partial charge in [0.1, 0.15) is 30.5 Å². The van der Waals surface area contributed by atoms with Crippen molar-refractivity contribution >= 4 is 0 Å². The van der Waals surface area contributed by atoms with Gasteiger partial charge in [0.15, 0.2) is 11.6 Å². The summed E-state index contributed by atoms with van der Waals surface area (Å²) in [6.07, 6.45) is 1.03. The molecule has 3 heterocycles. The summed E-state index contributed by atoms with van der Waals surface area (Å²) in [5, 5.41) is 0. The Bertz CT molecular complexity index is 378. The molecular weight excluding hydrogens is 248 g/mol. The van der Waals surface area contributed by atoms with Crippen molar-refractivity contribution in [2.75, 3.05) is 6.61 Å². The minimum absolute atomic E-state index is 0.121. The second-order valence-corrected chi connectivity index (χ2v) is 6.23. The van der Waals surface area contributed by atoms with Crippen LogP contribution in [0.4, 0.5) is 0 Å². The Hall–Kier alpha value is -0.460. The lowest BCUT2D eigenvalue weighted by atomic mass is 10.0. The average Bonchev–Trinajstić information content (AvgIpc) is 2.89. The highest BCUT2D eigenvalue weighted by molar-refractivity contribution is 5.06. The van der Waals surface area contributed by atoms with E-state index in [2.05, 4.69) is 6.58 Å². The molecule has 108 valence electrons. The zero-order chi connectivity index (χ0) is 13.8. The van der Waals surface area contributed by atoms with E-state index in [9.17, 15) is 0 Å². The van der Waals surface area contributed by atoms with Crippen LogP contribution in [0.3, 0.4) is 0 Å². The fourth-order valence-corrected chi connectivity index (χ4v) is 3.03. The molecule has 0 aromatic heterocycles. The van der Waals surface area contributed by atoms with Gasteiger partial charge in [-0.2, -0.15) is 0 Å². The highest BCUT2D eigenvalue weighted by atomic mass is 16.8. The first kappa shape index (κ1) is 13.5. The predicted octanol–water partition coefficient (Wildman–Crippen LogP) is 1.61. The van der Waals surface area contributed by atoms with Crippen LogP contribution in [0.2, 0.25) is 0 Å². The first-order valence-electron chi connectivity index (χ1n) is 6.77. The van der Waals surface area contributed by atoms with E-state index < -0.39 is 11.6 Å². The Labute approximate surface area is 113 Å². The summed E-state index contributed by atoms with van der Waals surface area (Å²) >= 11 is 0. The van der Waals surface area contributed by atoms with Gasteiger partial charge in [-0.1, -0.05) is 6.08 Å². The minimum atomic E-state index is -0.590. The van der Waals surface area contributed by atoms with Crippen molar-refractivity contribution in [3.05, 3.63) is 12.7 Å². The van der Waals surface area contributed by atoms with Gasteiger partial charge in [0, 0.05) is 0 Å². The maximum absolute atomic E-state index is 5.98. The van der Waals surface area contributed by atoms with Crippen LogP contribution in [0.15, 0.2) is 12.7 Å². The zero-order valence-electron chi connectivity index (χ0n) is 11.9. The maximum Gasteiger partial charge on any atom is 0.164 e. The van der Waals surface area contributed by atoms with Crippen LogP contribution in [0.5, 0.6) is 0 Å². The second kappa shape index (κ2) is 4.27. The van der Waals surface area contributed by atoms with E-state index in [0.29, 0.717) is 6.61 Å². The fourth-order valence-electron chi connectivity index (χ4n) is 3.03. The molecule has 0 aliphatic carbocycles. The summed E-state index contributed by atoms with van der Waals surface area (Å²) < 4.78 is 29.3. The summed E-state index contributed by atoms with van der Waals surface area (Å²) in [6.45, 7) is 12.0. The van der Waals surface area contributed by atoms with Crippen molar-refractivity contribution in [1.29, 1.82) is 0 Å². The standard InChI is InChI=1S/C14H22O5/c1-6-8-11-12(19-14(4,5)18-11)10(16-8)9-7-15-13(2,3)17-9/h6,8-12H,1,7H2,2-5H3/t8-,9+,10+,11+,12-/m0/s1. The van der Waals surface area contributed by atoms with Gasteiger partial charge in [0.05, 0.1) is 6.61 Å². The van der Waals surface area contributed by atoms with Gasteiger partial charge in [0.2, 0.25) is 0 Å². The fraction of sp³-hybridized carbons (Fsp3) is 0.857. The molecule has 0 N–H and O–H groups in total.